The molecule has 1 N–H and O–H groups in total. The monoisotopic (exact) mass is 496 g/mol. The summed E-state index contributed by atoms with van der Waals surface area (Å²) < 4.78 is 22.7. The van der Waals surface area contributed by atoms with Crippen LogP contribution in [0.2, 0.25) is 5.02 Å². The van der Waals surface area contributed by atoms with Gasteiger partial charge in [0.2, 0.25) is 17.5 Å². The van der Waals surface area contributed by atoms with E-state index >= 15 is 0 Å². The number of nitriles is 1. The van der Waals surface area contributed by atoms with E-state index in [2.05, 4.69) is 21.3 Å². The summed E-state index contributed by atoms with van der Waals surface area (Å²) >= 11 is 5.92. The van der Waals surface area contributed by atoms with Gasteiger partial charge in [-0.25, -0.2) is 0 Å². The fourth-order valence-corrected chi connectivity index (χ4v) is 4.38. The summed E-state index contributed by atoms with van der Waals surface area (Å²) in [6.07, 6.45) is 3.50. The molecule has 35 heavy (non-hydrogen) atoms. The summed E-state index contributed by atoms with van der Waals surface area (Å²) in [6.45, 7) is 2.56. The van der Waals surface area contributed by atoms with Gasteiger partial charge in [-0.1, -0.05) is 18.0 Å². The van der Waals surface area contributed by atoms with Gasteiger partial charge in [-0.2, -0.15) is 10.2 Å². The lowest BCUT2D eigenvalue weighted by Gasteiger charge is -2.35. The van der Waals surface area contributed by atoms with Crippen LogP contribution < -0.4 is 19.5 Å². The van der Waals surface area contributed by atoms with Crippen LogP contribution in [0.3, 0.4) is 0 Å². The Morgan fingerprint density at radius 3 is 2.51 bits per heavy atom. The number of rotatable bonds is 10. The van der Waals surface area contributed by atoms with Crippen molar-refractivity contribution in [3.05, 3.63) is 64.6 Å². The molecule has 1 fully saturated rings. The Hall–Kier alpha value is -3.41. The van der Waals surface area contributed by atoms with E-state index in [0.29, 0.717) is 29.1 Å². The van der Waals surface area contributed by atoms with E-state index in [-0.39, 0.29) is 18.3 Å². The molecule has 0 saturated carbocycles. The predicted octanol–water partition coefficient (Wildman–Crippen LogP) is 5.43. The molecule has 1 saturated heterocycles. The predicted molar refractivity (Wildman–Crippen MR) is 133 cm³/mol. The van der Waals surface area contributed by atoms with Crippen LogP contribution in [-0.2, 0) is 6.61 Å². The maximum atomic E-state index is 9.61. The molecule has 8 nitrogen and oxygen atoms in total. The van der Waals surface area contributed by atoms with Crippen molar-refractivity contribution in [2.24, 2.45) is 0 Å². The number of oxazole rings is 1. The van der Waals surface area contributed by atoms with E-state index in [4.69, 9.17) is 30.2 Å². The molecule has 1 aromatic heterocycles. The van der Waals surface area contributed by atoms with E-state index in [9.17, 15) is 5.26 Å². The summed E-state index contributed by atoms with van der Waals surface area (Å²) in [5.41, 5.74) is 1.21. The fourth-order valence-electron chi connectivity index (χ4n) is 4.25. The third-order valence-corrected chi connectivity index (χ3v) is 6.29. The van der Waals surface area contributed by atoms with Crippen molar-refractivity contribution in [3.8, 4) is 23.3 Å². The minimum Gasteiger partial charge on any atom is -0.497 e. The molecular weight excluding hydrogens is 468 g/mol. The van der Waals surface area contributed by atoms with E-state index in [1.54, 1.807) is 38.5 Å². The molecule has 1 aliphatic heterocycles. The van der Waals surface area contributed by atoms with Crippen LogP contribution in [0.1, 0.15) is 42.5 Å². The van der Waals surface area contributed by atoms with Gasteiger partial charge in [0.15, 0.2) is 6.61 Å². The smallest absolute Gasteiger partial charge is 0.236 e. The highest BCUT2D eigenvalue weighted by molar-refractivity contribution is 6.30. The van der Waals surface area contributed by atoms with Crippen LogP contribution >= 0.6 is 11.6 Å². The topological polar surface area (TPSA) is 92.8 Å². The Kier molecular flexibility index (Phi) is 8.35. The SMILES string of the molecule is COc1ccc(OC)c(C(CNc2oc(COc3ccc(Cl)cc3)nc2C#N)N2CCCCC2)c1. The number of nitrogens with zero attached hydrogens (tertiary/aromatic N) is 3. The molecule has 4 rings (SSSR count). The normalized spacial score (nSPS) is 14.7. The zero-order chi connectivity index (χ0) is 24.6. The standard InChI is InChI=1S/C26H29ClN4O4/c1-32-20-10-11-24(33-2)21(14-20)23(31-12-4-3-5-13-31)16-29-26-22(15-28)30-25(35-26)17-34-19-8-6-18(27)7-9-19/h6-11,14,23,29H,3-5,12-13,16-17H2,1-2H3. The average molecular weight is 497 g/mol. The highest BCUT2D eigenvalue weighted by Crippen LogP contribution is 2.35. The first kappa shape index (κ1) is 24.7. The minimum atomic E-state index is -0.00856. The third-order valence-electron chi connectivity index (χ3n) is 6.04. The van der Waals surface area contributed by atoms with Gasteiger partial charge >= 0.3 is 0 Å². The van der Waals surface area contributed by atoms with Crippen LogP contribution in [0.15, 0.2) is 46.9 Å². The molecule has 184 valence electrons. The second-order valence-electron chi connectivity index (χ2n) is 8.24. The van der Waals surface area contributed by atoms with Gasteiger partial charge in [0, 0.05) is 17.1 Å². The van der Waals surface area contributed by atoms with Crippen LogP contribution in [0.5, 0.6) is 17.2 Å². The van der Waals surface area contributed by atoms with Crippen LogP contribution in [0.4, 0.5) is 5.88 Å². The molecule has 1 unspecified atom stereocenters. The molecule has 0 radical (unpaired) electrons. The van der Waals surface area contributed by atoms with Gasteiger partial charge in [-0.15, -0.1) is 0 Å². The number of ether oxygens (including phenoxy) is 3. The third kappa shape index (κ3) is 6.18. The molecule has 2 aromatic carbocycles. The number of nitrogens with one attached hydrogen (secondary N) is 1. The molecule has 1 atom stereocenters. The van der Waals surface area contributed by atoms with E-state index < -0.39 is 0 Å². The highest BCUT2D eigenvalue weighted by atomic mass is 35.5. The summed E-state index contributed by atoms with van der Waals surface area (Å²) in [4.78, 5) is 6.72. The van der Waals surface area contributed by atoms with E-state index in [1.807, 2.05) is 18.2 Å². The quantitative estimate of drug-likeness (QED) is 0.397. The number of benzene rings is 2. The van der Waals surface area contributed by atoms with Gasteiger partial charge in [-0.3, -0.25) is 4.90 Å². The van der Waals surface area contributed by atoms with Gasteiger partial charge in [-0.05, 0) is 68.4 Å². The molecule has 0 spiro atoms. The summed E-state index contributed by atoms with van der Waals surface area (Å²) in [6, 6.07) is 14.9. The fraction of sp³-hybridized carbons (Fsp3) is 0.385. The number of piperidine rings is 1. The molecule has 1 aliphatic rings. The van der Waals surface area contributed by atoms with Crippen LogP contribution in [0.25, 0.3) is 0 Å². The van der Waals surface area contributed by atoms with Gasteiger partial charge in [0.1, 0.15) is 23.3 Å². The number of anilines is 1. The first-order valence-electron chi connectivity index (χ1n) is 11.6. The Morgan fingerprint density at radius 1 is 1.09 bits per heavy atom. The first-order chi connectivity index (χ1) is 17.1. The van der Waals surface area contributed by atoms with E-state index in [0.717, 1.165) is 43.0 Å². The van der Waals surface area contributed by atoms with E-state index in [1.165, 1.54) is 6.42 Å². The van der Waals surface area contributed by atoms with Crippen LogP contribution in [-0.4, -0.2) is 43.7 Å². The Morgan fingerprint density at radius 2 is 1.83 bits per heavy atom. The lowest BCUT2D eigenvalue weighted by atomic mass is 10.00. The Balaban J connectivity index is 1.52. The lowest BCUT2D eigenvalue weighted by Crippen LogP contribution is -2.37. The number of methoxy groups -OCH3 is 2. The summed E-state index contributed by atoms with van der Waals surface area (Å²) in [5, 5.41) is 13.6. The number of halogens is 1. The van der Waals surface area contributed by atoms with Crippen molar-refractivity contribution in [3.63, 3.8) is 0 Å². The molecule has 9 heteroatoms. The zero-order valence-electron chi connectivity index (χ0n) is 19.9. The maximum absolute atomic E-state index is 9.61. The molecular formula is C26H29ClN4O4. The number of likely N-dealkylation sites (tertiary alicyclic amines) is 1. The maximum Gasteiger partial charge on any atom is 0.236 e. The van der Waals surface area contributed by atoms with Crippen molar-refractivity contribution < 1.29 is 18.6 Å². The Bertz CT molecular complexity index is 1150. The lowest BCUT2D eigenvalue weighted by molar-refractivity contribution is 0.167. The number of hydrogen-bond donors (Lipinski definition) is 1. The van der Waals surface area contributed by atoms with Crippen LogP contribution in [0, 0.1) is 11.3 Å². The summed E-state index contributed by atoms with van der Waals surface area (Å²) in [7, 11) is 3.32. The second kappa shape index (κ2) is 11.8. The number of hydrogen-bond acceptors (Lipinski definition) is 8. The summed E-state index contributed by atoms with van der Waals surface area (Å²) in [5.74, 6) is 2.83. The van der Waals surface area contributed by atoms with Crippen molar-refractivity contribution in [1.29, 1.82) is 5.26 Å². The molecule has 0 bridgehead atoms. The van der Waals surface area contributed by atoms with Gasteiger partial charge < -0.3 is 23.9 Å². The molecule has 3 aromatic rings. The van der Waals surface area contributed by atoms with Crippen molar-refractivity contribution >= 4 is 17.5 Å². The second-order valence-corrected chi connectivity index (χ2v) is 8.68. The highest BCUT2D eigenvalue weighted by Gasteiger charge is 2.26. The van der Waals surface area contributed by atoms with Crippen molar-refractivity contribution in [2.75, 3.05) is 39.2 Å². The van der Waals surface area contributed by atoms with Gasteiger partial charge in [0.25, 0.3) is 0 Å². The largest absolute Gasteiger partial charge is 0.497 e. The van der Waals surface area contributed by atoms with Crippen molar-refractivity contribution in [2.45, 2.75) is 31.9 Å². The zero-order valence-corrected chi connectivity index (χ0v) is 20.7. The van der Waals surface area contributed by atoms with Crippen molar-refractivity contribution in [1.82, 2.24) is 9.88 Å². The number of aromatic nitrogens is 1. The molecule has 2 heterocycles. The van der Waals surface area contributed by atoms with Gasteiger partial charge in [0.05, 0.1) is 20.3 Å². The molecule has 0 amide bonds. The molecule has 0 aliphatic carbocycles. The Labute approximate surface area is 210 Å². The first-order valence-corrected chi connectivity index (χ1v) is 12.0. The minimum absolute atomic E-state index is 0.00856. The average Bonchev–Trinajstić information content (AvgIpc) is 3.31.